The minimum Gasteiger partial charge on any atom is -0.281 e. The van der Waals surface area contributed by atoms with Crippen LogP contribution in [0.3, 0.4) is 0 Å². The topological polar surface area (TPSA) is 46.1 Å². The number of aromatic nitrogens is 3. The molecule has 4 nitrogen and oxygen atoms in total. The molecule has 0 fully saturated rings. The average Bonchev–Trinajstić information content (AvgIpc) is 2.42. The standard InChI is InChI=1S/C8H10N4/c1-6-3-4-7-8(9)10-5-11(2)12(6)7/h3-5,9H,1-2H3. The highest BCUT2D eigenvalue weighted by Gasteiger charge is 1.99. The minimum absolute atomic E-state index is 0.321. The molecule has 62 valence electrons. The van der Waals surface area contributed by atoms with E-state index in [1.165, 1.54) is 0 Å². The van der Waals surface area contributed by atoms with Gasteiger partial charge in [0.05, 0.1) is 0 Å². The monoisotopic (exact) mass is 162 g/mol. The molecule has 2 aromatic rings. The van der Waals surface area contributed by atoms with Crippen molar-refractivity contribution in [2.45, 2.75) is 6.92 Å². The van der Waals surface area contributed by atoms with Gasteiger partial charge in [-0.1, -0.05) is 0 Å². The third kappa shape index (κ3) is 0.777. The Labute approximate surface area is 69.6 Å². The number of rotatable bonds is 0. The predicted molar refractivity (Wildman–Crippen MR) is 44.8 cm³/mol. The van der Waals surface area contributed by atoms with Gasteiger partial charge in [-0.25, -0.2) is 4.98 Å². The summed E-state index contributed by atoms with van der Waals surface area (Å²) in [6.45, 7) is 2.01. The fraction of sp³-hybridized carbons (Fsp3) is 0.250. The molecule has 1 N–H and O–H groups in total. The van der Waals surface area contributed by atoms with Gasteiger partial charge < -0.3 is 0 Å². The summed E-state index contributed by atoms with van der Waals surface area (Å²) in [7, 11) is 1.91. The summed E-state index contributed by atoms with van der Waals surface area (Å²) >= 11 is 0. The number of hydrogen-bond acceptors (Lipinski definition) is 2. The number of aryl methyl sites for hydroxylation is 2. The molecule has 0 atom stereocenters. The first kappa shape index (κ1) is 7.09. The van der Waals surface area contributed by atoms with Crippen LogP contribution in [0.4, 0.5) is 0 Å². The van der Waals surface area contributed by atoms with Crippen LogP contribution >= 0.6 is 0 Å². The molecule has 0 aliphatic carbocycles. The third-order valence-electron chi connectivity index (χ3n) is 1.96. The van der Waals surface area contributed by atoms with E-state index in [1.54, 1.807) is 6.33 Å². The molecule has 2 heterocycles. The molecule has 0 aliphatic heterocycles. The SMILES string of the molecule is Cc1ccc2c(=N)ncn(C)n12. The molecule has 12 heavy (non-hydrogen) atoms. The van der Waals surface area contributed by atoms with E-state index in [1.807, 2.05) is 35.3 Å². The predicted octanol–water partition coefficient (Wildman–Crippen LogP) is 0.461. The van der Waals surface area contributed by atoms with Crippen molar-refractivity contribution in [2.24, 2.45) is 7.05 Å². The van der Waals surface area contributed by atoms with Crippen molar-refractivity contribution >= 4 is 5.52 Å². The lowest BCUT2D eigenvalue weighted by molar-refractivity contribution is 0.644. The van der Waals surface area contributed by atoms with E-state index in [9.17, 15) is 0 Å². The van der Waals surface area contributed by atoms with Crippen LogP contribution in [-0.2, 0) is 7.05 Å². The first-order valence-electron chi connectivity index (χ1n) is 3.75. The molecule has 0 saturated heterocycles. The van der Waals surface area contributed by atoms with Crippen molar-refractivity contribution in [2.75, 3.05) is 0 Å². The van der Waals surface area contributed by atoms with Crippen LogP contribution < -0.4 is 5.49 Å². The molecule has 0 aliphatic rings. The summed E-state index contributed by atoms with van der Waals surface area (Å²) in [4.78, 5) is 3.93. The summed E-state index contributed by atoms with van der Waals surface area (Å²) in [6, 6.07) is 3.89. The van der Waals surface area contributed by atoms with Crippen molar-refractivity contribution in [3.63, 3.8) is 0 Å². The third-order valence-corrected chi connectivity index (χ3v) is 1.96. The Balaban J connectivity index is 3.09. The molecular formula is C8H10N4. The average molecular weight is 162 g/mol. The smallest absolute Gasteiger partial charge is 0.172 e. The maximum atomic E-state index is 7.53. The van der Waals surface area contributed by atoms with E-state index in [2.05, 4.69) is 4.98 Å². The Morgan fingerprint density at radius 3 is 2.83 bits per heavy atom. The number of nitrogens with zero attached hydrogens (tertiary/aromatic N) is 3. The van der Waals surface area contributed by atoms with Crippen LogP contribution in [0.2, 0.25) is 0 Å². The zero-order valence-electron chi connectivity index (χ0n) is 7.07. The van der Waals surface area contributed by atoms with E-state index >= 15 is 0 Å². The van der Waals surface area contributed by atoms with Gasteiger partial charge >= 0.3 is 0 Å². The zero-order chi connectivity index (χ0) is 8.72. The largest absolute Gasteiger partial charge is 0.281 e. The molecule has 0 bridgehead atoms. The van der Waals surface area contributed by atoms with Gasteiger partial charge in [0.2, 0.25) is 0 Å². The van der Waals surface area contributed by atoms with E-state index in [-0.39, 0.29) is 0 Å². The molecule has 0 aromatic carbocycles. The van der Waals surface area contributed by atoms with Crippen LogP contribution in [-0.4, -0.2) is 14.2 Å². The second kappa shape index (κ2) is 2.20. The van der Waals surface area contributed by atoms with Crippen LogP contribution in [0, 0.1) is 12.3 Å². The van der Waals surface area contributed by atoms with E-state index in [0.29, 0.717) is 5.49 Å². The maximum Gasteiger partial charge on any atom is 0.172 e. The highest BCUT2D eigenvalue weighted by molar-refractivity contribution is 5.44. The molecule has 2 rings (SSSR count). The van der Waals surface area contributed by atoms with Gasteiger partial charge in [-0.3, -0.25) is 14.6 Å². The molecule has 0 unspecified atom stereocenters. The Kier molecular flexibility index (Phi) is 1.30. The van der Waals surface area contributed by atoms with Gasteiger partial charge in [-0.05, 0) is 19.1 Å². The molecular weight excluding hydrogens is 152 g/mol. The lowest BCUT2D eigenvalue weighted by Gasteiger charge is -2.04. The van der Waals surface area contributed by atoms with Gasteiger partial charge in [0.1, 0.15) is 11.8 Å². The first-order valence-corrected chi connectivity index (χ1v) is 3.75. The van der Waals surface area contributed by atoms with Gasteiger partial charge in [-0.2, -0.15) is 0 Å². The van der Waals surface area contributed by atoms with Crippen molar-refractivity contribution in [3.8, 4) is 0 Å². The van der Waals surface area contributed by atoms with Crippen LogP contribution in [0.15, 0.2) is 18.5 Å². The van der Waals surface area contributed by atoms with E-state index < -0.39 is 0 Å². The van der Waals surface area contributed by atoms with Crippen molar-refractivity contribution in [3.05, 3.63) is 29.6 Å². The summed E-state index contributed by atoms with van der Waals surface area (Å²) in [5.41, 5.74) is 2.28. The number of hydrogen-bond donors (Lipinski definition) is 1. The molecule has 2 aromatic heterocycles. The first-order chi connectivity index (χ1) is 5.70. The van der Waals surface area contributed by atoms with Crippen molar-refractivity contribution < 1.29 is 0 Å². The fourth-order valence-corrected chi connectivity index (χ4v) is 1.39. The zero-order valence-corrected chi connectivity index (χ0v) is 7.07. The summed E-state index contributed by atoms with van der Waals surface area (Å²) in [5, 5.41) is 7.53. The number of nitrogens with one attached hydrogen (secondary N) is 1. The molecule has 0 amide bonds. The Bertz CT molecular complexity index is 477. The van der Waals surface area contributed by atoms with Gasteiger partial charge in [-0.15, -0.1) is 0 Å². The second-order valence-electron chi connectivity index (χ2n) is 2.84. The van der Waals surface area contributed by atoms with Crippen LogP contribution in [0.25, 0.3) is 5.52 Å². The Morgan fingerprint density at radius 2 is 2.17 bits per heavy atom. The molecule has 0 radical (unpaired) electrons. The quantitative estimate of drug-likeness (QED) is 0.601. The minimum atomic E-state index is 0.321. The van der Waals surface area contributed by atoms with Gasteiger partial charge in [0, 0.05) is 12.7 Å². The molecule has 0 spiro atoms. The van der Waals surface area contributed by atoms with Crippen LogP contribution in [0.1, 0.15) is 5.69 Å². The fourth-order valence-electron chi connectivity index (χ4n) is 1.39. The lowest BCUT2D eigenvalue weighted by atomic mass is 10.5. The Hall–Kier alpha value is -1.58. The van der Waals surface area contributed by atoms with Gasteiger partial charge in [0.25, 0.3) is 0 Å². The normalized spacial score (nSPS) is 10.8. The summed E-state index contributed by atoms with van der Waals surface area (Å²) in [5.74, 6) is 0. The second-order valence-corrected chi connectivity index (χ2v) is 2.84. The Morgan fingerprint density at radius 1 is 1.42 bits per heavy atom. The lowest BCUT2D eigenvalue weighted by Crippen LogP contribution is -2.16. The summed E-state index contributed by atoms with van der Waals surface area (Å²) < 4.78 is 3.82. The highest BCUT2D eigenvalue weighted by atomic mass is 15.4. The highest BCUT2D eigenvalue weighted by Crippen LogP contribution is 2.02. The van der Waals surface area contributed by atoms with E-state index in [0.717, 1.165) is 11.2 Å². The maximum absolute atomic E-state index is 7.53. The molecule has 0 saturated carbocycles. The van der Waals surface area contributed by atoms with Crippen LogP contribution in [0.5, 0.6) is 0 Å². The summed E-state index contributed by atoms with van der Waals surface area (Å²) in [6.07, 6.45) is 1.64. The van der Waals surface area contributed by atoms with E-state index in [4.69, 9.17) is 5.41 Å². The van der Waals surface area contributed by atoms with Crippen molar-refractivity contribution in [1.82, 2.24) is 14.2 Å². The van der Waals surface area contributed by atoms with Gasteiger partial charge in [0.15, 0.2) is 5.49 Å². The van der Waals surface area contributed by atoms with Crippen molar-refractivity contribution in [1.29, 1.82) is 5.41 Å². The molecule has 4 heteroatoms. The number of fused-ring (bicyclic) bond motifs is 1.